The van der Waals surface area contributed by atoms with Crippen molar-refractivity contribution < 1.29 is 9.63 Å². The summed E-state index contributed by atoms with van der Waals surface area (Å²) in [6.45, 7) is 7.47. The molecule has 0 unspecified atom stereocenters. The van der Waals surface area contributed by atoms with Gasteiger partial charge in [0.05, 0.1) is 12.1 Å². The molecule has 1 aromatic heterocycles. The highest BCUT2D eigenvalue weighted by Gasteiger charge is 2.19. The van der Waals surface area contributed by atoms with Crippen LogP contribution >= 0.6 is 11.6 Å². The highest BCUT2D eigenvalue weighted by atomic mass is 35.5. The molecule has 0 spiro atoms. The van der Waals surface area contributed by atoms with Gasteiger partial charge in [-0.05, 0) is 38.6 Å². The van der Waals surface area contributed by atoms with Crippen molar-refractivity contribution in [2.24, 2.45) is 0 Å². The van der Waals surface area contributed by atoms with E-state index >= 15 is 0 Å². The maximum absolute atomic E-state index is 9.89. The molecule has 0 aliphatic carbocycles. The van der Waals surface area contributed by atoms with E-state index in [4.69, 9.17) is 16.1 Å². The van der Waals surface area contributed by atoms with Crippen LogP contribution in [0.1, 0.15) is 26.6 Å². The van der Waals surface area contributed by atoms with Gasteiger partial charge < -0.3 is 9.63 Å². The lowest BCUT2D eigenvalue weighted by Gasteiger charge is -2.26. The molecule has 114 valence electrons. The summed E-state index contributed by atoms with van der Waals surface area (Å²) in [6, 6.07) is 7.30. The fourth-order valence-corrected chi connectivity index (χ4v) is 2.27. The van der Waals surface area contributed by atoms with Crippen LogP contribution in [0.2, 0.25) is 5.02 Å². The van der Waals surface area contributed by atoms with E-state index in [-0.39, 0.29) is 0 Å². The van der Waals surface area contributed by atoms with E-state index in [1.807, 2.05) is 19.1 Å². The fourth-order valence-electron chi connectivity index (χ4n) is 2.08. The second kappa shape index (κ2) is 6.56. The molecule has 6 heteroatoms. The molecular weight excluding hydrogens is 290 g/mol. The summed E-state index contributed by atoms with van der Waals surface area (Å²) in [6.07, 6.45) is 0. The van der Waals surface area contributed by atoms with Gasteiger partial charge in [-0.1, -0.05) is 29.7 Å². The molecule has 0 fully saturated rings. The number of halogens is 1. The van der Waals surface area contributed by atoms with Crippen molar-refractivity contribution >= 4 is 11.6 Å². The van der Waals surface area contributed by atoms with Crippen LogP contribution in [0.5, 0.6) is 0 Å². The second-order valence-electron chi connectivity index (χ2n) is 5.64. The molecule has 0 saturated carbocycles. The highest BCUT2D eigenvalue weighted by molar-refractivity contribution is 6.30. The number of aromatic nitrogens is 2. The number of rotatable bonds is 6. The van der Waals surface area contributed by atoms with Crippen LogP contribution in [0.25, 0.3) is 11.5 Å². The van der Waals surface area contributed by atoms with Crippen molar-refractivity contribution in [3.63, 3.8) is 0 Å². The third-order valence-electron chi connectivity index (χ3n) is 2.96. The number of hydrogen-bond donors (Lipinski definition) is 1. The van der Waals surface area contributed by atoms with Gasteiger partial charge in [-0.3, -0.25) is 4.90 Å². The average molecular weight is 310 g/mol. The molecule has 1 aromatic carbocycles. The Morgan fingerprint density at radius 1 is 1.38 bits per heavy atom. The smallest absolute Gasteiger partial charge is 0.258 e. The van der Waals surface area contributed by atoms with E-state index in [0.717, 1.165) is 12.1 Å². The lowest BCUT2D eigenvalue weighted by molar-refractivity contribution is 0.0343. The van der Waals surface area contributed by atoms with Gasteiger partial charge in [0.2, 0.25) is 0 Å². The maximum atomic E-state index is 9.89. The molecule has 0 radical (unpaired) electrons. The number of nitrogens with zero attached hydrogens (tertiary/aromatic N) is 3. The number of aliphatic hydroxyl groups is 1. The average Bonchev–Trinajstić information content (AvgIpc) is 2.85. The van der Waals surface area contributed by atoms with Gasteiger partial charge in [-0.25, -0.2) is 0 Å². The van der Waals surface area contributed by atoms with Crippen LogP contribution in [-0.2, 0) is 6.54 Å². The molecule has 1 heterocycles. The van der Waals surface area contributed by atoms with Crippen molar-refractivity contribution in [3.8, 4) is 11.5 Å². The van der Waals surface area contributed by atoms with E-state index in [9.17, 15) is 5.11 Å². The number of benzene rings is 1. The molecule has 0 aliphatic rings. The van der Waals surface area contributed by atoms with E-state index in [1.165, 1.54) is 0 Å². The van der Waals surface area contributed by atoms with Gasteiger partial charge in [-0.2, -0.15) is 4.98 Å². The van der Waals surface area contributed by atoms with Crippen LogP contribution in [0.15, 0.2) is 28.8 Å². The van der Waals surface area contributed by atoms with E-state index < -0.39 is 5.60 Å². The minimum atomic E-state index is -0.754. The first-order valence-corrected chi connectivity index (χ1v) is 7.28. The molecule has 21 heavy (non-hydrogen) atoms. The van der Waals surface area contributed by atoms with Crippen LogP contribution < -0.4 is 0 Å². The third-order valence-corrected chi connectivity index (χ3v) is 3.20. The first-order valence-electron chi connectivity index (χ1n) is 6.90. The lowest BCUT2D eigenvalue weighted by atomic mass is 10.1. The normalized spacial score (nSPS) is 12.1. The van der Waals surface area contributed by atoms with Crippen molar-refractivity contribution in [3.05, 3.63) is 35.1 Å². The molecule has 0 bridgehead atoms. The Morgan fingerprint density at radius 3 is 2.76 bits per heavy atom. The number of likely N-dealkylation sites (N-methyl/N-ethyl adjacent to an activating group) is 1. The van der Waals surface area contributed by atoms with Crippen LogP contribution in [0, 0.1) is 0 Å². The third kappa shape index (κ3) is 4.81. The molecule has 1 N–H and O–H groups in total. The van der Waals surface area contributed by atoms with Crippen molar-refractivity contribution in [1.29, 1.82) is 0 Å². The summed E-state index contributed by atoms with van der Waals surface area (Å²) in [7, 11) is 0. The first-order chi connectivity index (χ1) is 9.87. The van der Waals surface area contributed by atoms with E-state index in [0.29, 0.717) is 29.8 Å². The molecule has 0 aliphatic heterocycles. The predicted octanol–water partition coefficient (Wildman–Crippen LogP) is 2.98. The minimum absolute atomic E-state index is 0.451. The molecule has 2 rings (SSSR count). The maximum Gasteiger partial charge on any atom is 0.258 e. The zero-order chi connectivity index (χ0) is 15.5. The Kier molecular flexibility index (Phi) is 4.98. The Balaban J connectivity index is 2.09. The predicted molar refractivity (Wildman–Crippen MR) is 82.0 cm³/mol. The van der Waals surface area contributed by atoms with Gasteiger partial charge >= 0.3 is 0 Å². The largest absolute Gasteiger partial charge is 0.389 e. The Morgan fingerprint density at radius 2 is 2.14 bits per heavy atom. The van der Waals surface area contributed by atoms with E-state index in [1.54, 1.807) is 26.0 Å². The zero-order valence-electron chi connectivity index (χ0n) is 12.5. The van der Waals surface area contributed by atoms with Gasteiger partial charge in [0, 0.05) is 17.1 Å². The molecule has 2 aromatic rings. The van der Waals surface area contributed by atoms with Gasteiger partial charge in [0.1, 0.15) is 0 Å². The topological polar surface area (TPSA) is 62.4 Å². The Hall–Kier alpha value is -1.43. The lowest BCUT2D eigenvalue weighted by Crippen LogP contribution is -2.38. The molecule has 0 amide bonds. The zero-order valence-corrected chi connectivity index (χ0v) is 13.3. The van der Waals surface area contributed by atoms with Crippen molar-refractivity contribution in [2.75, 3.05) is 13.1 Å². The SMILES string of the molecule is CCN(Cc1noc(-c2cccc(Cl)c2)n1)CC(C)(C)O. The Bertz CT molecular complexity index is 593. The minimum Gasteiger partial charge on any atom is -0.389 e. The van der Waals surface area contributed by atoms with Gasteiger partial charge in [0.15, 0.2) is 5.82 Å². The highest BCUT2D eigenvalue weighted by Crippen LogP contribution is 2.21. The van der Waals surface area contributed by atoms with Crippen LogP contribution in [0.3, 0.4) is 0 Å². The summed E-state index contributed by atoms with van der Waals surface area (Å²) >= 11 is 5.96. The second-order valence-corrected chi connectivity index (χ2v) is 6.08. The molecule has 0 saturated heterocycles. The standard InChI is InChI=1S/C15H20ClN3O2/c1-4-19(10-15(2,3)20)9-13-17-14(21-18-13)11-6-5-7-12(16)8-11/h5-8,20H,4,9-10H2,1-3H3. The van der Waals surface area contributed by atoms with Crippen molar-refractivity contribution in [2.45, 2.75) is 32.9 Å². The summed E-state index contributed by atoms with van der Waals surface area (Å²) in [4.78, 5) is 6.44. The summed E-state index contributed by atoms with van der Waals surface area (Å²) in [5, 5.41) is 14.5. The quantitative estimate of drug-likeness (QED) is 0.889. The summed E-state index contributed by atoms with van der Waals surface area (Å²) < 4.78 is 5.27. The van der Waals surface area contributed by atoms with Gasteiger partial charge in [-0.15, -0.1) is 0 Å². The van der Waals surface area contributed by atoms with Gasteiger partial charge in [0.25, 0.3) is 5.89 Å². The summed E-state index contributed by atoms with van der Waals surface area (Å²) in [5.74, 6) is 1.04. The summed E-state index contributed by atoms with van der Waals surface area (Å²) in [5.41, 5.74) is 0.0435. The molecular formula is C15H20ClN3O2. The van der Waals surface area contributed by atoms with Crippen molar-refractivity contribution in [1.82, 2.24) is 15.0 Å². The number of hydrogen-bond acceptors (Lipinski definition) is 5. The van der Waals surface area contributed by atoms with E-state index in [2.05, 4.69) is 15.0 Å². The first kappa shape index (κ1) is 15.9. The van der Waals surface area contributed by atoms with Crippen LogP contribution in [0.4, 0.5) is 0 Å². The fraction of sp³-hybridized carbons (Fsp3) is 0.467. The Labute approximate surface area is 129 Å². The van der Waals surface area contributed by atoms with Crippen LogP contribution in [-0.4, -0.2) is 38.8 Å². The molecule has 0 atom stereocenters. The monoisotopic (exact) mass is 309 g/mol. The molecule has 5 nitrogen and oxygen atoms in total.